The molecule has 0 saturated heterocycles. The van der Waals surface area contributed by atoms with Crippen molar-refractivity contribution in [3.05, 3.63) is 42.2 Å². The van der Waals surface area contributed by atoms with Crippen molar-refractivity contribution >= 4 is 99.4 Å². The SMILES string of the molecule is CC(O)COC(C)CO.CC(O)COC(C)CO.CC(O)COC(C)CO.CC(O)COC(C)CO.CC(O)COC(C)CO.CC(O)COC(C)CO.CC(O)COC(C)CO.O=S(=O)(c1cc(Br)c(OCCO)c(Br)c1)c1cc(Br)c(OCCOP(O)O)c(Br)c1.OP(O)O.OP(O)O. The van der Waals surface area contributed by atoms with Crippen LogP contribution in [0.4, 0.5) is 0 Å². The number of halogens is 4. The number of benzene rings is 2. The van der Waals surface area contributed by atoms with Gasteiger partial charge in [-0.3, -0.25) is 0 Å². The molecule has 101 heavy (non-hydrogen) atoms. The van der Waals surface area contributed by atoms with Gasteiger partial charge in [-0.15, -0.1) is 0 Å². The van der Waals surface area contributed by atoms with Gasteiger partial charge in [0.15, 0.2) is 0 Å². The van der Waals surface area contributed by atoms with E-state index in [4.69, 9.17) is 158 Å². The molecule has 0 saturated carbocycles. The van der Waals surface area contributed by atoms with Crippen LogP contribution in [0.3, 0.4) is 0 Å². The topological polar surface area (TPSA) is 592 Å². The molecule has 0 aromatic heterocycles. The largest absolute Gasteiger partial charge is 0.489 e. The molecule has 0 aliphatic heterocycles. The third-order valence-corrected chi connectivity index (χ3v) is 14.1. The van der Waals surface area contributed by atoms with Crippen LogP contribution in [0.15, 0.2) is 51.9 Å². The summed E-state index contributed by atoms with van der Waals surface area (Å²) in [6.07, 6.45) is -4.29. The second-order valence-corrected chi connectivity index (χ2v) is 28.4. The third kappa shape index (κ3) is 88.8. The lowest BCUT2D eigenvalue weighted by Gasteiger charge is -2.14. The zero-order valence-electron chi connectivity index (χ0n) is 59.6. The molecule has 0 heterocycles. The highest BCUT2D eigenvalue weighted by atomic mass is 79.9. The van der Waals surface area contributed by atoms with Crippen molar-refractivity contribution in [1.29, 1.82) is 0 Å². The van der Waals surface area contributed by atoms with Crippen molar-refractivity contribution in [2.75, 3.05) is 119 Å². The zero-order chi connectivity index (χ0) is 80.6. The van der Waals surface area contributed by atoms with Crippen molar-refractivity contribution in [3.8, 4) is 11.5 Å². The van der Waals surface area contributed by atoms with E-state index < -0.39 is 78.4 Å². The molecule has 0 spiro atoms. The van der Waals surface area contributed by atoms with E-state index in [2.05, 4.69) is 68.2 Å². The first-order valence-corrected chi connectivity index (χ1v) is 38.9. The van der Waals surface area contributed by atoms with Gasteiger partial charge in [-0.25, -0.2) is 8.42 Å². The van der Waals surface area contributed by atoms with Gasteiger partial charge in [-0.05, 0) is 185 Å². The first kappa shape index (κ1) is 117. The van der Waals surface area contributed by atoms with Gasteiger partial charge in [0.25, 0.3) is 0 Å². The van der Waals surface area contributed by atoms with Crippen LogP contribution in [-0.4, -0.2) is 329 Å². The van der Waals surface area contributed by atoms with E-state index in [1.165, 1.54) is 24.3 Å². The summed E-state index contributed by atoms with van der Waals surface area (Å²) in [5.41, 5.74) is 0. The Morgan fingerprint density at radius 3 is 0.634 bits per heavy atom. The molecule has 2 rings (SSSR count). The molecule has 43 heteroatoms. The summed E-state index contributed by atoms with van der Waals surface area (Å²) in [5, 5.41) is 129. The number of ether oxygens (including phenoxy) is 9. The van der Waals surface area contributed by atoms with Gasteiger partial charge in [0.2, 0.25) is 9.84 Å². The summed E-state index contributed by atoms with van der Waals surface area (Å²) < 4.78 is 78.1. The monoisotopic (exact) mass is 1820 g/mol. The summed E-state index contributed by atoms with van der Waals surface area (Å²) in [6, 6.07) is 5.63. The number of hydrogen-bond donors (Lipinski definition) is 23. The molecule has 35 nitrogen and oxygen atoms in total. The quantitative estimate of drug-likeness (QED) is 0.0332. The highest BCUT2D eigenvalue weighted by Gasteiger charge is 2.24. The first-order valence-electron chi connectivity index (χ1n) is 30.7. The van der Waals surface area contributed by atoms with E-state index >= 15 is 0 Å². The molecule has 0 aliphatic carbocycles. The number of hydrogen-bond acceptors (Lipinski definition) is 35. The van der Waals surface area contributed by atoms with Crippen LogP contribution >= 0.6 is 89.5 Å². The lowest BCUT2D eigenvalue weighted by atomic mass is 10.3. The van der Waals surface area contributed by atoms with Crippen LogP contribution in [-0.2, 0) is 47.5 Å². The Bertz CT molecular complexity index is 1980. The van der Waals surface area contributed by atoms with Crippen molar-refractivity contribution in [2.45, 2.75) is 192 Å². The molecule has 14 atom stereocenters. The maximum Gasteiger partial charge on any atom is 0.327 e. The Hall–Kier alpha value is -0.0400. The standard InChI is InChI=1S/C16H15Br4O8PS.7C6H14O3.2H3O3P/c17-11-5-9(6-12(18)15(11)26-2-1-21)30(24,25)10-7-13(19)16(14(20)8-10)27-3-4-28-29(22)23;7*1-5(8)4-9-6(2)3-7;2*1-4(2)3/h5-8,21-23H,1-4H2;7*5-8H,3-4H2,1-2H3;2*1-3H. The molecule has 0 bridgehead atoms. The van der Waals surface area contributed by atoms with Gasteiger partial charge >= 0.3 is 25.8 Å². The normalized spacial score (nSPS) is 15.0. The second kappa shape index (κ2) is 76.7. The average molecular weight is 1820 g/mol. The molecule has 2 aromatic carbocycles. The lowest BCUT2D eigenvalue weighted by Crippen LogP contribution is -2.19. The Balaban J connectivity index is -0.000000172. The van der Waals surface area contributed by atoms with Crippen LogP contribution in [0.25, 0.3) is 0 Å². The highest BCUT2D eigenvalue weighted by Crippen LogP contribution is 2.41. The minimum Gasteiger partial charge on any atom is -0.489 e. The minimum absolute atomic E-state index is 0.00667. The van der Waals surface area contributed by atoms with Gasteiger partial charge in [0.1, 0.15) is 24.7 Å². The molecule has 14 unspecified atom stereocenters. The summed E-state index contributed by atoms with van der Waals surface area (Å²) in [5.74, 6) is 0.721. The van der Waals surface area contributed by atoms with E-state index in [1.54, 1.807) is 96.9 Å². The van der Waals surface area contributed by atoms with Crippen LogP contribution < -0.4 is 9.47 Å². The summed E-state index contributed by atoms with van der Waals surface area (Å²) in [4.78, 5) is 60.9. The molecule has 23 N–H and O–H groups in total. The fourth-order valence-electron chi connectivity index (χ4n) is 4.70. The fourth-order valence-corrected chi connectivity index (χ4v) is 9.74. The smallest absolute Gasteiger partial charge is 0.327 e. The third-order valence-electron chi connectivity index (χ3n) is 9.59. The second-order valence-electron chi connectivity index (χ2n) is 21.2. The Labute approximate surface area is 631 Å². The van der Waals surface area contributed by atoms with E-state index in [1.807, 2.05) is 0 Å². The number of aliphatic hydroxyl groups is 15. The molecular formula is C58H119Br4O35P3S. The maximum atomic E-state index is 13.1. The fraction of sp³-hybridized carbons (Fsp3) is 0.793. The van der Waals surface area contributed by atoms with Crippen LogP contribution in [0.2, 0.25) is 0 Å². The van der Waals surface area contributed by atoms with E-state index in [-0.39, 0.29) is 125 Å². The molecule has 0 amide bonds. The minimum atomic E-state index is -3.89. The average Bonchev–Trinajstić information content (AvgIpc) is 0.777. The zero-order valence-corrected chi connectivity index (χ0v) is 69.4. The predicted molar refractivity (Wildman–Crippen MR) is 391 cm³/mol. The molecular weight excluding hydrogens is 1700 g/mol. The van der Waals surface area contributed by atoms with Gasteiger partial charge < -0.3 is 163 Å². The highest BCUT2D eigenvalue weighted by molar-refractivity contribution is 9.11. The maximum absolute atomic E-state index is 13.1. The Kier molecular flexibility index (Phi) is 88.7. The van der Waals surface area contributed by atoms with Crippen molar-refractivity contribution < 1.29 is 171 Å². The molecule has 0 aliphatic rings. The Morgan fingerprint density at radius 1 is 0.327 bits per heavy atom. The summed E-state index contributed by atoms with van der Waals surface area (Å²) in [6.45, 7) is 25.7. The molecule has 610 valence electrons. The molecule has 0 radical (unpaired) electrons. The first-order chi connectivity index (χ1) is 46.7. The van der Waals surface area contributed by atoms with Gasteiger partial charge in [-0.2, -0.15) is 0 Å². The number of sulfone groups is 1. The van der Waals surface area contributed by atoms with E-state index in [0.717, 1.165) is 0 Å². The van der Waals surface area contributed by atoms with Gasteiger partial charge in [0, 0.05) is 0 Å². The van der Waals surface area contributed by atoms with Crippen LogP contribution in [0, 0.1) is 0 Å². The van der Waals surface area contributed by atoms with Gasteiger partial charge in [0.05, 0.1) is 219 Å². The number of aliphatic hydroxyl groups excluding tert-OH is 15. The Morgan fingerprint density at radius 2 is 0.495 bits per heavy atom. The van der Waals surface area contributed by atoms with Crippen molar-refractivity contribution in [1.82, 2.24) is 0 Å². The molecule has 0 fully saturated rings. The molecule has 2 aromatic rings. The van der Waals surface area contributed by atoms with Crippen molar-refractivity contribution in [3.63, 3.8) is 0 Å². The van der Waals surface area contributed by atoms with Crippen LogP contribution in [0.1, 0.15) is 96.9 Å². The van der Waals surface area contributed by atoms with E-state index in [0.29, 0.717) is 75.6 Å². The lowest BCUT2D eigenvalue weighted by molar-refractivity contribution is -0.0177. The van der Waals surface area contributed by atoms with E-state index in [9.17, 15) is 8.42 Å². The number of rotatable bonds is 38. The van der Waals surface area contributed by atoms with Gasteiger partial charge in [-0.1, -0.05) is 0 Å². The predicted octanol–water partition coefficient (Wildman–Crippen LogP) is 1.28. The van der Waals surface area contributed by atoms with Crippen molar-refractivity contribution in [2.24, 2.45) is 0 Å². The summed E-state index contributed by atoms with van der Waals surface area (Å²) >= 11 is 13.2. The van der Waals surface area contributed by atoms with Crippen LogP contribution in [0.5, 0.6) is 11.5 Å². The summed E-state index contributed by atoms with van der Waals surface area (Å²) in [7, 11) is -11.6.